The van der Waals surface area contributed by atoms with Crippen LogP contribution in [0.2, 0.25) is 5.02 Å². The van der Waals surface area contributed by atoms with E-state index in [0.29, 0.717) is 21.6 Å². The molecule has 0 radical (unpaired) electrons. The molecule has 0 amide bonds. The van der Waals surface area contributed by atoms with Gasteiger partial charge in [0, 0.05) is 16.9 Å². The molecule has 2 aromatic heterocycles. The minimum absolute atomic E-state index is 0.0371. The number of carbonyl (C=O) groups excluding carboxylic acids is 1. The highest BCUT2D eigenvalue weighted by atomic mass is 35.5. The van der Waals surface area contributed by atoms with Crippen LogP contribution >= 0.6 is 34.7 Å². The number of anilines is 2. The summed E-state index contributed by atoms with van der Waals surface area (Å²) in [6.45, 7) is 1.95. The highest BCUT2D eigenvalue weighted by Crippen LogP contribution is 2.29. The van der Waals surface area contributed by atoms with Crippen molar-refractivity contribution in [3.05, 3.63) is 52.8 Å². The lowest BCUT2D eigenvalue weighted by Crippen LogP contribution is -2.02. The number of halogens is 1. The number of H-pyrrole nitrogens is 1. The van der Waals surface area contributed by atoms with Gasteiger partial charge >= 0.3 is 0 Å². The Morgan fingerprint density at radius 3 is 3.00 bits per heavy atom. The predicted octanol–water partition coefficient (Wildman–Crippen LogP) is 4.55. The van der Waals surface area contributed by atoms with E-state index in [9.17, 15) is 4.79 Å². The Morgan fingerprint density at radius 1 is 1.39 bits per heavy atom. The first-order valence-corrected chi connectivity index (χ1v) is 8.96. The van der Waals surface area contributed by atoms with Gasteiger partial charge in [-0.1, -0.05) is 40.8 Å². The number of Topliss-reactive ketones (excluding diaryl/α,β-unsaturated/α-hetero) is 1. The van der Waals surface area contributed by atoms with Crippen LogP contribution in [0.25, 0.3) is 0 Å². The number of nitrogens with zero attached hydrogens (tertiary/aromatic N) is 2. The summed E-state index contributed by atoms with van der Waals surface area (Å²) in [6.07, 6.45) is 1.73. The number of aromatic nitrogens is 3. The summed E-state index contributed by atoms with van der Waals surface area (Å²) in [6, 6.07) is 9.29. The van der Waals surface area contributed by atoms with Crippen molar-refractivity contribution in [2.24, 2.45) is 0 Å². The number of rotatable bonds is 6. The van der Waals surface area contributed by atoms with Crippen molar-refractivity contribution < 1.29 is 4.79 Å². The Kier molecular flexibility index (Phi) is 5.00. The summed E-state index contributed by atoms with van der Waals surface area (Å²) in [4.78, 5) is 14.8. The van der Waals surface area contributed by atoms with Crippen LogP contribution in [0.1, 0.15) is 16.1 Å². The molecular weight excluding hydrogens is 352 g/mol. The molecule has 8 heteroatoms. The number of thioether (sulfide) groups is 1. The summed E-state index contributed by atoms with van der Waals surface area (Å²) in [5.74, 6) is 0.362. The Balaban J connectivity index is 1.59. The van der Waals surface area contributed by atoms with Crippen LogP contribution in [0.4, 0.5) is 10.8 Å². The van der Waals surface area contributed by atoms with Gasteiger partial charge in [-0.3, -0.25) is 4.79 Å². The van der Waals surface area contributed by atoms with Crippen molar-refractivity contribution in [2.75, 3.05) is 11.1 Å². The van der Waals surface area contributed by atoms with Crippen molar-refractivity contribution >= 4 is 51.3 Å². The number of hydrogen-bond donors (Lipinski definition) is 2. The molecule has 2 N–H and O–H groups in total. The zero-order valence-electron chi connectivity index (χ0n) is 12.2. The van der Waals surface area contributed by atoms with E-state index in [2.05, 4.69) is 20.5 Å². The van der Waals surface area contributed by atoms with Gasteiger partial charge in [0.25, 0.3) is 0 Å². The van der Waals surface area contributed by atoms with Crippen LogP contribution in [-0.4, -0.2) is 26.7 Å². The minimum atomic E-state index is 0.0371. The molecule has 23 heavy (non-hydrogen) atoms. The predicted molar refractivity (Wildman–Crippen MR) is 95.2 cm³/mol. The first-order valence-electron chi connectivity index (χ1n) is 6.78. The summed E-state index contributed by atoms with van der Waals surface area (Å²) in [5, 5.41) is 12.7. The molecular formula is C15H13ClN4OS2. The highest BCUT2D eigenvalue weighted by Gasteiger charge is 2.11. The molecule has 0 spiro atoms. The number of carbonyl (C=O) groups is 1. The zero-order valence-corrected chi connectivity index (χ0v) is 14.6. The summed E-state index contributed by atoms with van der Waals surface area (Å²) in [5.41, 5.74) is 2.49. The van der Waals surface area contributed by atoms with E-state index >= 15 is 0 Å². The van der Waals surface area contributed by atoms with E-state index in [0.717, 1.165) is 15.6 Å². The maximum atomic E-state index is 11.9. The second kappa shape index (κ2) is 7.16. The molecule has 0 bridgehead atoms. The molecule has 0 fully saturated rings. The van der Waals surface area contributed by atoms with Crippen molar-refractivity contribution in [2.45, 2.75) is 11.3 Å². The van der Waals surface area contributed by atoms with Crippen LogP contribution in [0.3, 0.4) is 0 Å². The standard InChI is InChI=1S/C15H13ClN4OS2/c1-9-4-5-10(7-11(9)16)18-14-19-20-15(23-14)22-8-13(21)12-3-2-6-17-12/h2-7,17H,8H2,1H3,(H,18,19). The van der Waals surface area contributed by atoms with Gasteiger partial charge in [0.15, 0.2) is 10.1 Å². The van der Waals surface area contributed by atoms with Gasteiger partial charge in [-0.15, -0.1) is 10.2 Å². The molecule has 3 aromatic rings. The maximum absolute atomic E-state index is 11.9. The normalized spacial score (nSPS) is 10.7. The Labute approximate surface area is 146 Å². The van der Waals surface area contributed by atoms with Crippen LogP contribution in [0.15, 0.2) is 40.9 Å². The fourth-order valence-electron chi connectivity index (χ4n) is 1.82. The average molecular weight is 365 g/mol. The number of aryl methyl sites for hydroxylation is 1. The molecule has 0 aliphatic rings. The largest absolute Gasteiger partial charge is 0.359 e. The second-order valence-corrected chi connectivity index (χ2v) is 7.36. The molecule has 5 nitrogen and oxygen atoms in total. The van der Waals surface area contributed by atoms with Crippen molar-refractivity contribution in [3.63, 3.8) is 0 Å². The lowest BCUT2D eigenvalue weighted by atomic mass is 10.2. The molecule has 3 rings (SSSR count). The zero-order chi connectivity index (χ0) is 16.2. The molecule has 0 unspecified atom stereocenters. The monoisotopic (exact) mass is 364 g/mol. The van der Waals surface area contributed by atoms with Crippen LogP contribution < -0.4 is 5.32 Å². The van der Waals surface area contributed by atoms with Crippen molar-refractivity contribution in [1.29, 1.82) is 0 Å². The minimum Gasteiger partial charge on any atom is -0.359 e. The maximum Gasteiger partial charge on any atom is 0.210 e. The molecule has 0 aliphatic heterocycles. The lowest BCUT2D eigenvalue weighted by Gasteiger charge is -2.03. The third-order valence-corrected chi connectivity index (χ3v) is 5.43. The number of ketones is 1. The Bertz CT molecular complexity index is 817. The summed E-state index contributed by atoms with van der Waals surface area (Å²) >= 11 is 8.88. The smallest absolute Gasteiger partial charge is 0.210 e. The van der Waals surface area contributed by atoms with E-state index in [-0.39, 0.29) is 5.78 Å². The molecule has 0 atom stereocenters. The van der Waals surface area contributed by atoms with Gasteiger partial charge in [0.05, 0.1) is 11.4 Å². The number of nitrogens with one attached hydrogen (secondary N) is 2. The fourth-order valence-corrected chi connectivity index (χ4v) is 3.66. The second-order valence-electron chi connectivity index (χ2n) is 4.76. The molecule has 118 valence electrons. The van der Waals surface area contributed by atoms with Gasteiger partial charge in [0.2, 0.25) is 5.13 Å². The van der Waals surface area contributed by atoms with E-state index in [1.807, 2.05) is 25.1 Å². The Morgan fingerprint density at radius 2 is 2.26 bits per heavy atom. The van der Waals surface area contributed by atoms with Crippen LogP contribution in [0.5, 0.6) is 0 Å². The lowest BCUT2D eigenvalue weighted by molar-refractivity contribution is 0.101. The van der Waals surface area contributed by atoms with Gasteiger partial charge in [-0.2, -0.15) is 0 Å². The third-order valence-electron chi connectivity index (χ3n) is 3.05. The fraction of sp³-hybridized carbons (Fsp3) is 0.133. The molecule has 0 aliphatic carbocycles. The molecule has 2 heterocycles. The topological polar surface area (TPSA) is 70.7 Å². The molecule has 1 aromatic carbocycles. The van der Waals surface area contributed by atoms with Gasteiger partial charge in [-0.05, 0) is 36.8 Å². The summed E-state index contributed by atoms with van der Waals surface area (Å²) < 4.78 is 0.741. The first kappa shape index (κ1) is 16.0. The Hall–Kier alpha value is -1.83. The highest BCUT2D eigenvalue weighted by molar-refractivity contribution is 8.01. The summed E-state index contributed by atoms with van der Waals surface area (Å²) in [7, 11) is 0. The SMILES string of the molecule is Cc1ccc(Nc2nnc(SCC(=O)c3ccc[nH]3)s2)cc1Cl. The quantitative estimate of drug-likeness (QED) is 0.496. The number of benzene rings is 1. The van der Waals surface area contributed by atoms with E-state index in [1.165, 1.54) is 23.1 Å². The van der Waals surface area contributed by atoms with Gasteiger partial charge < -0.3 is 10.3 Å². The van der Waals surface area contributed by atoms with Crippen LogP contribution in [-0.2, 0) is 0 Å². The van der Waals surface area contributed by atoms with E-state index in [1.54, 1.807) is 18.3 Å². The average Bonchev–Trinajstić information content (AvgIpc) is 3.20. The van der Waals surface area contributed by atoms with E-state index in [4.69, 9.17) is 11.6 Å². The van der Waals surface area contributed by atoms with Crippen molar-refractivity contribution in [1.82, 2.24) is 15.2 Å². The first-order chi connectivity index (χ1) is 11.1. The molecule has 0 saturated heterocycles. The van der Waals surface area contributed by atoms with Gasteiger partial charge in [0.1, 0.15) is 0 Å². The molecule has 0 saturated carbocycles. The van der Waals surface area contributed by atoms with Crippen molar-refractivity contribution in [3.8, 4) is 0 Å². The number of aromatic amines is 1. The third kappa shape index (κ3) is 4.13. The number of hydrogen-bond acceptors (Lipinski definition) is 6. The van der Waals surface area contributed by atoms with E-state index < -0.39 is 0 Å². The van der Waals surface area contributed by atoms with Crippen LogP contribution in [0, 0.1) is 6.92 Å². The van der Waals surface area contributed by atoms with Gasteiger partial charge in [-0.25, -0.2) is 0 Å².